The molecule has 0 spiro atoms. The number of aliphatic hydroxyl groups is 1. The van der Waals surface area contributed by atoms with E-state index in [0.717, 1.165) is 5.56 Å². The second-order valence-corrected chi connectivity index (χ2v) is 12.2. The lowest BCUT2D eigenvalue weighted by Gasteiger charge is -2.36. The molecule has 41 heavy (non-hydrogen) atoms. The van der Waals surface area contributed by atoms with Gasteiger partial charge in [-0.2, -0.15) is 10.2 Å². The van der Waals surface area contributed by atoms with Crippen molar-refractivity contribution < 1.29 is 23.5 Å². The number of carbonyl (C=O) groups is 2. The smallest absolute Gasteiger partial charge is 0.248 e. The van der Waals surface area contributed by atoms with Gasteiger partial charge in [0.15, 0.2) is 0 Å². The third kappa shape index (κ3) is 6.38. The average Bonchev–Trinajstić information content (AvgIpc) is 3.38. The normalized spacial score (nSPS) is 21.9. The average molecular weight is 566 g/mol. The monoisotopic (exact) mass is 565 g/mol. The summed E-state index contributed by atoms with van der Waals surface area (Å²) < 4.78 is 27.8. The molecule has 3 unspecified atom stereocenters. The number of hydrogen-bond donors (Lipinski definition) is 3. The van der Waals surface area contributed by atoms with Crippen LogP contribution in [0, 0.1) is 0 Å². The summed E-state index contributed by atoms with van der Waals surface area (Å²) in [5.74, 6) is -3.59. The SMILES string of the molecule is CC(C)(C)c1ccc(N(C(=O)C2CC(O)CN2)C(C(=O)NC2CCC(F)(F)CC2)c2cnnc3ccccc23)cc1. The molecule has 1 saturated heterocycles. The van der Waals surface area contributed by atoms with E-state index in [9.17, 15) is 23.5 Å². The van der Waals surface area contributed by atoms with Crippen LogP contribution in [0.5, 0.6) is 0 Å². The third-order valence-corrected chi connectivity index (χ3v) is 8.10. The van der Waals surface area contributed by atoms with Gasteiger partial charge in [-0.15, -0.1) is 0 Å². The van der Waals surface area contributed by atoms with Crippen molar-refractivity contribution in [3.05, 3.63) is 65.9 Å². The van der Waals surface area contributed by atoms with Crippen LogP contribution in [-0.4, -0.2) is 57.8 Å². The molecule has 3 aromatic rings. The van der Waals surface area contributed by atoms with Crippen molar-refractivity contribution in [2.75, 3.05) is 11.4 Å². The Balaban J connectivity index is 1.61. The van der Waals surface area contributed by atoms with Gasteiger partial charge in [-0.3, -0.25) is 14.5 Å². The zero-order valence-corrected chi connectivity index (χ0v) is 23.6. The number of nitrogens with zero attached hydrogens (tertiary/aromatic N) is 3. The van der Waals surface area contributed by atoms with E-state index in [0.29, 0.717) is 22.2 Å². The Bertz CT molecular complexity index is 1390. The zero-order valence-electron chi connectivity index (χ0n) is 23.6. The number of halogens is 2. The number of aliphatic hydroxyl groups excluding tert-OH is 1. The van der Waals surface area contributed by atoms with Crippen LogP contribution in [0.25, 0.3) is 10.9 Å². The molecule has 1 saturated carbocycles. The third-order valence-electron chi connectivity index (χ3n) is 8.10. The predicted molar refractivity (Wildman–Crippen MR) is 153 cm³/mol. The van der Waals surface area contributed by atoms with Crippen LogP contribution in [0.2, 0.25) is 0 Å². The number of aromatic nitrogens is 2. The first-order chi connectivity index (χ1) is 19.4. The fourth-order valence-corrected chi connectivity index (χ4v) is 5.71. The molecular weight excluding hydrogens is 528 g/mol. The van der Waals surface area contributed by atoms with E-state index in [1.165, 1.54) is 11.1 Å². The molecule has 8 nitrogen and oxygen atoms in total. The largest absolute Gasteiger partial charge is 0.392 e. The summed E-state index contributed by atoms with van der Waals surface area (Å²) in [6.07, 6.45) is 0.691. The van der Waals surface area contributed by atoms with E-state index in [4.69, 9.17) is 0 Å². The van der Waals surface area contributed by atoms with Gasteiger partial charge in [0.25, 0.3) is 0 Å². The van der Waals surface area contributed by atoms with Crippen molar-refractivity contribution in [3.63, 3.8) is 0 Å². The maximum absolute atomic E-state index is 14.2. The highest BCUT2D eigenvalue weighted by Gasteiger charge is 2.41. The minimum atomic E-state index is -2.74. The lowest BCUT2D eigenvalue weighted by atomic mass is 9.87. The zero-order chi connectivity index (χ0) is 29.4. The fraction of sp³-hybridized carbons (Fsp3) is 0.484. The molecule has 5 rings (SSSR count). The van der Waals surface area contributed by atoms with Crippen LogP contribution in [0.4, 0.5) is 14.5 Å². The van der Waals surface area contributed by atoms with Crippen LogP contribution in [0.3, 0.4) is 0 Å². The van der Waals surface area contributed by atoms with Crippen molar-refractivity contribution >= 4 is 28.4 Å². The van der Waals surface area contributed by atoms with E-state index in [1.807, 2.05) is 42.5 Å². The fourth-order valence-electron chi connectivity index (χ4n) is 5.71. The van der Waals surface area contributed by atoms with Crippen molar-refractivity contribution in [2.24, 2.45) is 0 Å². The molecule has 2 fully saturated rings. The van der Waals surface area contributed by atoms with Crippen LogP contribution >= 0.6 is 0 Å². The van der Waals surface area contributed by atoms with E-state index < -0.39 is 36.1 Å². The van der Waals surface area contributed by atoms with Gasteiger partial charge in [-0.25, -0.2) is 8.78 Å². The summed E-state index contributed by atoms with van der Waals surface area (Å²) >= 11 is 0. The molecule has 218 valence electrons. The number of hydrogen-bond acceptors (Lipinski definition) is 6. The van der Waals surface area contributed by atoms with Gasteiger partial charge in [0.05, 0.1) is 23.9 Å². The van der Waals surface area contributed by atoms with E-state index >= 15 is 0 Å². The summed E-state index contributed by atoms with van der Waals surface area (Å²) in [7, 11) is 0. The van der Waals surface area contributed by atoms with Crippen molar-refractivity contribution in [3.8, 4) is 0 Å². The maximum atomic E-state index is 14.2. The maximum Gasteiger partial charge on any atom is 0.248 e. The summed E-state index contributed by atoms with van der Waals surface area (Å²) in [6, 6.07) is 12.4. The molecule has 1 aliphatic heterocycles. The number of benzene rings is 2. The molecule has 0 bridgehead atoms. The lowest BCUT2D eigenvalue weighted by molar-refractivity contribution is -0.128. The summed E-state index contributed by atoms with van der Waals surface area (Å²) in [4.78, 5) is 29.9. The standard InChI is InChI=1S/C31H37F2N5O3/c1-30(2,3)19-8-10-21(11-9-19)38(29(41)26-16-22(39)17-34-26)27(24-18-35-37-25-7-5-4-6-23(24)25)28(40)36-20-12-14-31(32,33)15-13-20/h4-11,18,20,22,26-27,34,39H,12-17H2,1-3H3,(H,36,40). The summed E-state index contributed by atoms with van der Waals surface area (Å²) in [5, 5.41) is 25.3. The molecule has 2 heterocycles. The van der Waals surface area contributed by atoms with E-state index in [-0.39, 0.29) is 50.0 Å². The highest BCUT2D eigenvalue weighted by molar-refractivity contribution is 6.05. The topological polar surface area (TPSA) is 107 Å². The number of fused-ring (bicyclic) bond motifs is 1. The summed E-state index contributed by atoms with van der Waals surface area (Å²) in [6.45, 7) is 6.54. The number of alkyl halides is 2. The summed E-state index contributed by atoms with van der Waals surface area (Å²) in [5.41, 5.74) is 2.46. The quantitative estimate of drug-likeness (QED) is 0.409. The molecule has 2 aliphatic rings. The minimum Gasteiger partial charge on any atom is -0.392 e. The lowest BCUT2D eigenvalue weighted by Crippen LogP contribution is -2.52. The van der Waals surface area contributed by atoms with Gasteiger partial charge in [-0.1, -0.05) is 51.1 Å². The molecule has 2 aromatic carbocycles. The van der Waals surface area contributed by atoms with Crippen molar-refractivity contribution in [1.29, 1.82) is 0 Å². The highest BCUT2D eigenvalue weighted by Crippen LogP contribution is 2.36. The molecule has 1 aliphatic carbocycles. The molecular formula is C31H37F2N5O3. The molecule has 3 atom stereocenters. The van der Waals surface area contributed by atoms with Gasteiger partial charge in [0.1, 0.15) is 6.04 Å². The van der Waals surface area contributed by atoms with E-state index in [1.54, 1.807) is 6.07 Å². The number of anilines is 1. The first-order valence-corrected chi connectivity index (χ1v) is 14.2. The number of nitrogens with one attached hydrogen (secondary N) is 2. The van der Waals surface area contributed by atoms with Crippen LogP contribution in [-0.2, 0) is 15.0 Å². The van der Waals surface area contributed by atoms with Gasteiger partial charge in [0.2, 0.25) is 17.7 Å². The number of carbonyl (C=O) groups excluding carboxylic acids is 2. The van der Waals surface area contributed by atoms with Crippen LogP contribution in [0.15, 0.2) is 54.7 Å². The first-order valence-electron chi connectivity index (χ1n) is 14.2. The van der Waals surface area contributed by atoms with Gasteiger partial charge < -0.3 is 15.7 Å². The van der Waals surface area contributed by atoms with Crippen LogP contribution in [0.1, 0.15) is 70.0 Å². The Morgan fingerprint density at radius 2 is 1.78 bits per heavy atom. The molecule has 1 aromatic heterocycles. The minimum absolute atomic E-state index is 0.129. The predicted octanol–water partition coefficient (Wildman–Crippen LogP) is 4.42. The first kappa shape index (κ1) is 29.0. The van der Waals surface area contributed by atoms with Crippen molar-refractivity contribution in [2.45, 2.75) is 88.4 Å². The number of β-amino-alcohol motifs (C(OH)–C–C–N with tert-alkyl or cyclic N) is 1. The number of amides is 2. The molecule has 10 heteroatoms. The van der Waals surface area contributed by atoms with Gasteiger partial charge in [0, 0.05) is 42.1 Å². The van der Waals surface area contributed by atoms with E-state index in [2.05, 4.69) is 41.6 Å². The molecule has 3 N–H and O–H groups in total. The second kappa shape index (κ2) is 11.4. The van der Waals surface area contributed by atoms with Gasteiger partial charge >= 0.3 is 0 Å². The Morgan fingerprint density at radius 1 is 1.10 bits per heavy atom. The van der Waals surface area contributed by atoms with Crippen LogP contribution < -0.4 is 15.5 Å². The Morgan fingerprint density at radius 3 is 2.41 bits per heavy atom. The second-order valence-electron chi connectivity index (χ2n) is 12.2. The van der Waals surface area contributed by atoms with Crippen molar-refractivity contribution in [1.82, 2.24) is 20.8 Å². The molecule has 2 amide bonds. The Kier molecular flexibility index (Phi) is 8.07. The number of rotatable bonds is 6. The molecule has 0 radical (unpaired) electrons. The Labute approximate surface area is 238 Å². The van der Waals surface area contributed by atoms with Gasteiger partial charge in [-0.05, 0) is 48.4 Å². The highest BCUT2D eigenvalue weighted by atomic mass is 19.3. The Hall–Kier alpha value is -3.50.